The lowest BCUT2D eigenvalue weighted by atomic mass is 10.00. The minimum absolute atomic E-state index is 0.319. The third-order valence-corrected chi connectivity index (χ3v) is 8.67. The second-order valence-corrected chi connectivity index (χ2v) is 11.0. The minimum atomic E-state index is -3.48. The highest BCUT2D eigenvalue weighted by Gasteiger charge is 2.28. The highest BCUT2D eigenvalue weighted by atomic mass is 32.2. The number of rotatable bonds is 8. The van der Waals surface area contributed by atoms with E-state index in [2.05, 4.69) is 14.8 Å². The zero-order valence-corrected chi connectivity index (χ0v) is 18.4. The van der Waals surface area contributed by atoms with Gasteiger partial charge in [0, 0.05) is 35.8 Å². The van der Waals surface area contributed by atoms with Crippen molar-refractivity contribution in [3.63, 3.8) is 0 Å². The molecule has 0 spiro atoms. The number of likely N-dealkylation sites (tertiary alicyclic amines) is 1. The van der Waals surface area contributed by atoms with Gasteiger partial charge in [-0.2, -0.15) is 0 Å². The van der Waals surface area contributed by atoms with Gasteiger partial charge in [0.15, 0.2) is 5.58 Å². The van der Waals surface area contributed by atoms with Crippen LogP contribution in [0.4, 0.5) is 4.39 Å². The number of hydrogen-bond donors (Lipinski definition) is 1. The van der Waals surface area contributed by atoms with Gasteiger partial charge in [-0.25, -0.2) is 17.5 Å². The van der Waals surface area contributed by atoms with Crippen molar-refractivity contribution < 1.29 is 17.3 Å². The molecular weight excluding hydrogens is 437 g/mol. The van der Waals surface area contributed by atoms with Crippen LogP contribution in [0, 0.1) is 11.7 Å². The summed E-state index contributed by atoms with van der Waals surface area (Å²) in [7, 11) is -3.48. The van der Waals surface area contributed by atoms with Crippen LogP contribution in [-0.4, -0.2) is 44.7 Å². The SMILES string of the molecule is O=S(=O)(NCC1CN(CCCc2noc3cc(F)ccc23)C1)c1cc2ccccc2s1. The molecule has 0 saturated carbocycles. The van der Waals surface area contributed by atoms with Crippen molar-refractivity contribution in [2.75, 3.05) is 26.2 Å². The molecule has 0 unspecified atom stereocenters. The predicted molar refractivity (Wildman–Crippen MR) is 119 cm³/mol. The van der Waals surface area contributed by atoms with Crippen LogP contribution in [0.3, 0.4) is 0 Å². The molecule has 9 heteroatoms. The third-order valence-electron chi connectivity index (χ3n) is 5.66. The minimum Gasteiger partial charge on any atom is -0.356 e. The third kappa shape index (κ3) is 4.36. The average molecular weight is 460 g/mol. The molecule has 2 aromatic carbocycles. The second-order valence-electron chi connectivity index (χ2n) is 7.95. The predicted octanol–water partition coefficient (Wildman–Crippen LogP) is 4.02. The van der Waals surface area contributed by atoms with Gasteiger partial charge in [0.1, 0.15) is 10.0 Å². The van der Waals surface area contributed by atoms with Crippen molar-refractivity contribution in [1.29, 1.82) is 0 Å². The summed E-state index contributed by atoms with van der Waals surface area (Å²) < 4.78 is 47.8. The van der Waals surface area contributed by atoms with Gasteiger partial charge in [-0.05, 0) is 55.0 Å². The lowest BCUT2D eigenvalue weighted by Crippen LogP contribution is -2.51. The van der Waals surface area contributed by atoms with Gasteiger partial charge in [-0.1, -0.05) is 23.4 Å². The van der Waals surface area contributed by atoms with E-state index >= 15 is 0 Å². The van der Waals surface area contributed by atoms with Crippen molar-refractivity contribution >= 4 is 42.4 Å². The quantitative estimate of drug-likeness (QED) is 0.431. The van der Waals surface area contributed by atoms with E-state index in [9.17, 15) is 12.8 Å². The number of halogens is 1. The smallest absolute Gasteiger partial charge is 0.250 e. The number of fused-ring (bicyclic) bond motifs is 2. The molecule has 2 aromatic heterocycles. The summed E-state index contributed by atoms with van der Waals surface area (Å²) in [6, 6.07) is 13.9. The van der Waals surface area contributed by atoms with Gasteiger partial charge < -0.3 is 9.42 Å². The number of benzene rings is 2. The average Bonchev–Trinajstić information content (AvgIpc) is 3.33. The van der Waals surface area contributed by atoms with Gasteiger partial charge >= 0.3 is 0 Å². The lowest BCUT2D eigenvalue weighted by molar-refractivity contribution is 0.102. The maximum atomic E-state index is 13.2. The molecule has 6 nitrogen and oxygen atoms in total. The van der Waals surface area contributed by atoms with Crippen molar-refractivity contribution in [2.45, 2.75) is 17.1 Å². The maximum Gasteiger partial charge on any atom is 0.250 e. The Balaban J connectivity index is 1.07. The number of aromatic nitrogens is 1. The van der Waals surface area contributed by atoms with Gasteiger partial charge in [0.2, 0.25) is 10.0 Å². The number of sulfonamides is 1. The molecule has 1 aliphatic heterocycles. The fourth-order valence-corrected chi connectivity index (χ4v) is 6.55. The molecule has 0 atom stereocenters. The van der Waals surface area contributed by atoms with Crippen LogP contribution in [0.15, 0.2) is 57.3 Å². The van der Waals surface area contributed by atoms with Crippen LogP contribution < -0.4 is 4.72 Å². The highest BCUT2D eigenvalue weighted by molar-refractivity contribution is 7.91. The zero-order chi connectivity index (χ0) is 21.4. The van der Waals surface area contributed by atoms with Crippen LogP contribution in [-0.2, 0) is 16.4 Å². The standard InChI is InChI=1S/C22H22FN3O3S2/c23-17-7-8-18-19(25-29-20(18)11-17)5-3-9-26-13-15(14-26)12-24-31(27,28)22-10-16-4-1-2-6-21(16)30-22/h1-2,4,6-8,10-11,15,24H,3,5,9,12-14H2. The summed E-state index contributed by atoms with van der Waals surface area (Å²) in [5, 5.41) is 5.87. The molecule has 5 rings (SSSR count). The van der Waals surface area contributed by atoms with Crippen molar-refractivity contribution in [1.82, 2.24) is 14.8 Å². The maximum absolute atomic E-state index is 13.2. The first-order valence-corrected chi connectivity index (χ1v) is 12.5. The molecule has 3 heterocycles. The summed E-state index contributed by atoms with van der Waals surface area (Å²) in [5.74, 6) is -0.00944. The van der Waals surface area contributed by atoms with E-state index in [-0.39, 0.29) is 5.82 Å². The van der Waals surface area contributed by atoms with Crippen molar-refractivity contribution in [3.8, 4) is 0 Å². The summed E-state index contributed by atoms with van der Waals surface area (Å²) in [4.78, 5) is 2.31. The second kappa shape index (κ2) is 8.31. The summed E-state index contributed by atoms with van der Waals surface area (Å²) in [6.07, 6.45) is 1.68. The number of thiophene rings is 1. The van der Waals surface area contributed by atoms with Gasteiger partial charge in [-0.3, -0.25) is 0 Å². The molecule has 1 aliphatic rings. The lowest BCUT2D eigenvalue weighted by Gasteiger charge is -2.39. The Morgan fingerprint density at radius 2 is 2.03 bits per heavy atom. The Bertz CT molecular complexity index is 1290. The Morgan fingerprint density at radius 3 is 2.87 bits per heavy atom. The molecule has 0 aliphatic carbocycles. The molecule has 4 aromatic rings. The summed E-state index contributed by atoms with van der Waals surface area (Å²) >= 11 is 1.30. The Kier molecular flexibility index (Phi) is 5.51. The first-order valence-electron chi connectivity index (χ1n) is 10.2. The molecule has 162 valence electrons. The fraction of sp³-hybridized carbons (Fsp3) is 0.318. The zero-order valence-electron chi connectivity index (χ0n) is 16.8. The summed E-state index contributed by atoms with van der Waals surface area (Å²) in [6.45, 7) is 3.11. The number of nitrogens with one attached hydrogen (secondary N) is 1. The van der Waals surface area contributed by atoms with Crippen LogP contribution in [0.1, 0.15) is 12.1 Å². The first-order chi connectivity index (χ1) is 15.0. The molecular formula is C22H22FN3O3S2. The number of aryl methyl sites for hydroxylation is 1. The normalized spacial score (nSPS) is 15.6. The topological polar surface area (TPSA) is 75.4 Å². The molecule has 1 N–H and O–H groups in total. The van der Waals surface area contributed by atoms with E-state index in [0.717, 1.165) is 53.6 Å². The molecule has 0 amide bonds. The molecule has 1 fully saturated rings. The monoisotopic (exact) mass is 459 g/mol. The van der Waals surface area contributed by atoms with Crippen molar-refractivity contribution in [2.24, 2.45) is 5.92 Å². The fourth-order valence-electron chi connectivity index (χ4n) is 3.99. The van der Waals surface area contributed by atoms with E-state index in [1.54, 1.807) is 12.1 Å². The van der Waals surface area contributed by atoms with Crippen molar-refractivity contribution in [3.05, 3.63) is 60.0 Å². The Morgan fingerprint density at radius 1 is 1.19 bits per heavy atom. The molecule has 0 bridgehead atoms. The molecule has 0 radical (unpaired) electrons. The van der Waals surface area contributed by atoms with E-state index < -0.39 is 10.0 Å². The largest absolute Gasteiger partial charge is 0.356 e. The highest BCUT2D eigenvalue weighted by Crippen LogP contribution is 2.29. The Hall–Kier alpha value is -2.33. The number of nitrogens with zero attached hydrogens (tertiary/aromatic N) is 2. The van der Waals surface area contributed by atoms with Crippen LogP contribution >= 0.6 is 11.3 Å². The van der Waals surface area contributed by atoms with E-state index in [4.69, 9.17) is 4.52 Å². The van der Waals surface area contributed by atoms with E-state index in [1.165, 1.54) is 23.5 Å². The van der Waals surface area contributed by atoms with Gasteiger partial charge in [0.25, 0.3) is 0 Å². The van der Waals surface area contributed by atoms with Gasteiger partial charge in [-0.15, -0.1) is 11.3 Å². The van der Waals surface area contributed by atoms with E-state index in [0.29, 0.717) is 22.3 Å². The Labute approximate surface area is 183 Å². The van der Waals surface area contributed by atoms with Crippen LogP contribution in [0.5, 0.6) is 0 Å². The van der Waals surface area contributed by atoms with Crippen LogP contribution in [0.25, 0.3) is 21.1 Å². The van der Waals surface area contributed by atoms with E-state index in [1.807, 2.05) is 24.3 Å². The molecule has 1 saturated heterocycles. The van der Waals surface area contributed by atoms with Gasteiger partial charge in [0.05, 0.1) is 5.69 Å². The summed E-state index contributed by atoms with van der Waals surface area (Å²) in [5.41, 5.74) is 1.33. The first kappa shape index (κ1) is 20.6. The van der Waals surface area contributed by atoms with Crippen LogP contribution in [0.2, 0.25) is 0 Å². The molecule has 31 heavy (non-hydrogen) atoms. The number of hydrogen-bond acceptors (Lipinski definition) is 6.